The standard InChI is InChI=1S/C31H36Br2N2O3/c1-5-22(4)34-31(37)28(17-23-10-7-6-8-11-23)35(19-24-12-9-13-26(32)16-24)30(36)20-38-29-15-14-25(21(2)3)18-27(29)33/h6-16,18,21-22,28H,5,17,19-20H2,1-4H3,(H,34,37)/t22-,28+/m1/s1. The number of hydrogen-bond donors (Lipinski definition) is 1. The number of rotatable bonds is 12. The molecule has 7 heteroatoms. The van der Waals surface area contributed by atoms with Crippen molar-refractivity contribution in [3.05, 3.63) is 98.4 Å². The molecule has 3 aromatic carbocycles. The van der Waals surface area contributed by atoms with Gasteiger partial charge in [-0.1, -0.05) is 85.2 Å². The Hall–Kier alpha value is -2.64. The lowest BCUT2D eigenvalue weighted by Gasteiger charge is -2.32. The lowest BCUT2D eigenvalue weighted by atomic mass is 10.0. The minimum absolute atomic E-state index is 0.00438. The van der Waals surface area contributed by atoms with Gasteiger partial charge in [0.1, 0.15) is 11.8 Å². The first-order valence-electron chi connectivity index (χ1n) is 13.0. The average Bonchev–Trinajstić information content (AvgIpc) is 2.90. The molecule has 0 saturated carbocycles. The summed E-state index contributed by atoms with van der Waals surface area (Å²) >= 11 is 7.10. The topological polar surface area (TPSA) is 58.6 Å². The lowest BCUT2D eigenvalue weighted by Crippen LogP contribution is -2.53. The Balaban J connectivity index is 1.91. The quantitative estimate of drug-likeness (QED) is 0.226. The van der Waals surface area contributed by atoms with Gasteiger partial charge in [-0.15, -0.1) is 0 Å². The second-order valence-corrected chi connectivity index (χ2v) is 11.6. The van der Waals surface area contributed by atoms with E-state index in [1.165, 1.54) is 5.56 Å². The number of ether oxygens (including phenoxy) is 1. The van der Waals surface area contributed by atoms with E-state index in [2.05, 4.69) is 51.0 Å². The van der Waals surface area contributed by atoms with Crippen molar-refractivity contribution in [3.63, 3.8) is 0 Å². The highest BCUT2D eigenvalue weighted by Crippen LogP contribution is 2.29. The maximum absolute atomic E-state index is 13.8. The van der Waals surface area contributed by atoms with Crippen LogP contribution in [0.1, 0.15) is 56.7 Å². The summed E-state index contributed by atoms with van der Waals surface area (Å²) in [5, 5.41) is 3.09. The van der Waals surface area contributed by atoms with Crippen molar-refractivity contribution in [2.45, 2.75) is 65.1 Å². The smallest absolute Gasteiger partial charge is 0.261 e. The molecule has 0 saturated heterocycles. The molecule has 38 heavy (non-hydrogen) atoms. The van der Waals surface area contributed by atoms with E-state index >= 15 is 0 Å². The molecule has 202 valence electrons. The van der Waals surface area contributed by atoms with Crippen molar-refractivity contribution in [1.82, 2.24) is 10.2 Å². The van der Waals surface area contributed by atoms with E-state index in [1.54, 1.807) is 4.90 Å². The molecular weight excluding hydrogens is 608 g/mol. The number of carbonyl (C=O) groups excluding carboxylic acids is 2. The van der Waals surface area contributed by atoms with Gasteiger partial charge in [-0.25, -0.2) is 0 Å². The third-order valence-electron chi connectivity index (χ3n) is 6.49. The molecule has 0 spiro atoms. The molecule has 0 aliphatic carbocycles. The summed E-state index contributed by atoms with van der Waals surface area (Å²) in [5.41, 5.74) is 3.08. The molecule has 0 heterocycles. The number of nitrogens with zero attached hydrogens (tertiary/aromatic N) is 1. The van der Waals surface area contributed by atoms with Gasteiger partial charge in [0.05, 0.1) is 4.47 Å². The third kappa shape index (κ3) is 8.70. The van der Waals surface area contributed by atoms with Gasteiger partial charge in [0.15, 0.2) is 6.61 Å². The highest BCUT2D eigenvalue weighted by molar-refractivity contribution is 9.10. The van der Waals surface area contributed by atoms with Gasteiger partial charge in [0.2, 0.25) is 5.91 Å². The molecule has 0 aromatic heterocycles. The predicted octanol–water partition coefficient (Wildman–Crippen LogP) is 7.27. The molecule has 0 unspecified atom stereocenters. The third-order valence-corrected chi connectivity index (χ3v) is 7.60. The van der Waals surface area contributed by atoms with E-state index in [4.69, 9.17) is 4.74 Å². The molecule has 3 aromatic rings. The molecule has 0 radical (unpaired) electrons. The first-order valence-corrected chi connectivity index (χ1v) is 14.6. The lowest BCUT2D eigenvalue weighted by molar-refractivity contribution is -0.143. The normalized spacial score (nSPS) is 12.6. The van der Waals surface area contributed by atoms with Crippen LogP contribution < -0.4 is 10.1 Å². The van der Waals surface area contributed by atoms with Crippen LogP contribution in [0.15, 0.2) is 81.7 Å². The van der Waals surface area contributed by atoms with E-state index in [-0.39, 0.29) is 31.0 Å². The van der Waals surface area contributed by atoms with Crippen LogP contribution in [-0.2, 0) is 22.6 Å². The summed E-state index contributed by atoms with van der Waals surface area (Å²) in [7, 11) is 0. The molecule has 2 atom stereocenters. The molecule has 0 aliphatic heterocycles. The van der Waals surface area contributed by atoms with Gasteiger partial charge in [-0.05, 0) is 76.1 Å². The highest BCUT2D eigenvalue weighted by Gasteiger charge is 2.31. The first kappa shape index (κ1) is 29.9. The Labute approximate surface area is 243 Å². The van der Waals surface area contributed by atoms with Crippen molar-refractivity contribution < 1.29 is 14.3 Å². The molecular formula is C31H36Br2N2O3. The number of amides is 2. The van der Waals surface area contributed by atoms with Crippen LogP contribution >= 0.6 is 31.9 Å². The fourth-order valence-corrected chi connectivity index (χ4v) is 5.00. The fourth-order valence-electron chi connectivity index (χ4n) is 4.04. The zero-order chi connectivity index (χ0) is 27.7. The largest absolute Gasteiger partial charge is 0.483 e. The Morgan fingerprint density at radius 3 is 2.26 bits per heavy atom. The summed E-state index contributed by atoms with van der Waals surface area (Å²) in [4.78, 5) is 29.0. The molecule has 2 amide bonds. The summed E-state index contributed by atoms with van der Waals surface area (Å²) in [6, 6.07) is 22.8. The van der Waals surface area contributed by atoms with Crippen molar-refractivity contribution in [2.75, 3.05) is 6.61 Å². The maximum atomic E-state index is 13.8. The predicted molar refractivity (Wildman–Crippen MR) is 160 cm³/mol. The monoisotopic (exact) mass is 642 g/mol. The molecule has 5 nitrogen and oxygen atoms in total. The average molecular weight is 644 g/mol. The SMILES string of the molecule is CC[C@@H](C)NC(=O)[C@H](Cc1ccccc1)N(Cc1cccc(Br)c1)C(=O)COc1ccc(C(C)C)cc1Br. The number of hydrogen-bond acceptors (Lipinski definition) is 3. The van der Waals surface area contributed by atoms with Gasteiger partial charge < -0.3 is 15.0 Å². The molecule has 3 rings (SSSR count). The van der Waals surface area contributed by atoms with Crippen molar-refractivity contribution in [2.24, 2.45) is 0 Å². The van der Waals surface area contributed by atoms with Crippen LogP contribution in [0.3, 0.4) is 0 Å². The molecule has 1 N–H and O–H groups in total. The minimum atomic E-state index is -0.701. The second kappa shape index (κ2) is 14.5. The number of nitrogens with one attached hydrogen (secondary N) is 1. The van der Waals surface area contributed by atoms with Crippen LogP contribution in [0.4, 0.5) is 0 Å². The zero-order valence-corrected chi connectivity index (χ0v) is 25.6. The Kier molecular flexibility index (Phi) is 11.4. The zero-order valence-electron chi connectivity index (χ0n) is 22.4. The van der Waals surface area contributed by atoms with Crippen LogP contribution in [0.2, 0.25) is 0 Å². The number of benzene rings is 3. The van der Waals surface area contributed by atoms with Crippen molar-refractivity contribution in [1.29, 1.82) is 0 Å². The summed E-state index contributed by atoms with van der Waals surface area (Å²) in [6.45, 7) is 8.35. The van der Waals surface area contributed by atoms with E-state index in [0.717, 1.165) is 26.5 Å². The van der Waals surface area contributed by atoms with Crippen molar-refractivity contribution >= 4 is 43.7 Å². The van der Waals surface area contributed by atoms with Crippen LogP contribution in [0.25, 0.3) is 0 Å². The van der Waals surface area contributed by atoms with Gasteiger partial charge in [-0.3, -0.25) is 9.59 Å². The van der Waals surface area contributed by atoms with Gasteiger partial charge in [0.25, 0.3) is 5.91 Å². The van der Waals surface area contributed by atoms with E-state index in [1.807, 2.05) is 86.6 Å². The van der Waals surface area contributed by atoms with E-state index in [9.17, 15) is 9.59 Å². The van der Waals surface area contributed by atoms with Gasteiger partial charge >= 0.3 is 0 Å². The van der Waals surface area contributed by atoms with Crippen molar-refractivity contribution in [3.8, 4) is 5.75 Å². The maximum Gasteiger partial charge on any atom is 0.261 e. The van der Waals surface area contributed by atoms with Gasteiger partial charge in [-0.2, -0.15) is 0 Å². The Bertz CT molecular complexity index is 1220. The Morgan fingerprint density at radius 1 is 0.921 bits per heavy atom. The minimum Gasteiger partial charge on any atom is -0.483 e. The molecule has 0 aliphatic rings. The number of halogens is 2. The summed E-state index contributed by atoms with van der Waals surface area (Å²) < 4.78 is 7.69. The summed E-state index contributed by atoms with van der Waals surface area (Å²) in [6.07, 6.45) is 1.20. The fraction of sp³-hybridized carbons (Fsp3) is 0.355. The second-order valence-electron chi connectivity index (χ2n) is 9.81. The van der Waals surface area contributed by atoms with E-state index < -0.39 is 6.04 Å². The van der Waals surface area contributed by atoms with Crippen LogP contribution in [-0.4, -0.2) is 35.4 Å². The number of carbonyl (C=O) groups is 2. The molecule has 0 fully saturated rings. The highest BCUT2D eigenvalue weighted by atomic mass is 79.9. The van der Waals surface area contributed by atoms with Crippen LogP contribution in [0.5, 0.6) is 5.75 Å². The van der Waals surface area contributed by atoms with Crippen LogP contribution in [0, 0.1) is 0 Å². The molecule has 0 bridgehead atoms. The van der Waals surface area contributed by atoms with Gasteiger partial charge in [0, 0.05) is 23.5 Å². The summed E-state index contributed by atoms with van der Waals surface area (Å²) in [5.74, 6) is 0.540. The Morgan fingerprint density at radius 2 is 1.63 bits per heavy atom. The van der Waals surface area contributed by atoms with E-state index in [0.29, 0.717) is 18.1 Å². The first-order chi connectivity index (χ1) is 18.2.